The summed E-state index contributed by atoms with van der Waals surface area (Å²) in [7, 11) is 5.51. The number of carbonyl (C=O) groups is 1. The van der Waals surface area contributed by atoms with E-state index in [4.69, 9.17) is 4.74 Å². The van der Waals surface area contributed by atoms with Gasteiger partial charge in [-0.2, -0.15) is 0 Å². The molecule has 24 heavy (non-hydrogen) atoms. The number of aromatic nitrogens is 1. The van der Waals surface area contributed by atoms with Crippen LogP contribution in [0.2, 0.25) is 0 Å². The Labute approximate surface area is 144 Å². The molecule has 0 saturated heterocycles. The SMILES string of the molecule is COc1ccc(C)c2sc(NC(=O)c3cccc(N(C)C)c3)nc12. The lowest BCUT2D eigenvalue weighted by atomic mass is 10.2. The molecular weight excluding hydrogens is 322 g/mol. The highest BCUT2D eigenvalue weighted by atomic mass is 32.1. The van der Waals surface area contributed by atoms with E-state index in [0.717, 1.165) is 21.5 Å². The van der Waals surface area contributed by atoms with Crippen molar-refractivity contribution in [2.45, 2.75) is 6.92 Å². The largest absolute Gasteiger partial charge is 0.494 e. The molecule has 2 aromatic carbocycles. The van der Waals surface area contributed by atoms with Gasteiger partial charge in [-0.3, -0.25) is 10.1 Å². The molecule has 0 radical (unpaired) electrons. The van der Waals surface area contributed by atoms with E-state index < -0.39 is 0 Å². The van der Waals surface area contributed by atoms with E-state index in [2.05, 4.69) is 10.3 Å². The van der Waals surface area contributed by atoms with Crippen molar-refractivity contribution >= 4 is 38.3 Å². The topological polar surface area (TPSA) is 54.5 Å². The van der Waals surface area contributed by atoms with Gasteiger partial charge in [0, 0.05) is 25.3 Å². The number of anilines is 2. The average Bonchev–Trinajstić information content (AvgIpc) is 3.00. The highest BCUT2D eigenvalue weighted by Crippen LogP contribution is 2.34. The molecule has 0 aliphatic heterocycles. The van der Waals surface area contributed by atoms with Crippen molar-refractivity contribution in [3.8, 4) is 5.75 Å². The molecule has 1 N–H and O–H groups in total. The predicted octanol–water partition coefficient (Wildman–Crippen LogP) is 3.93. The molecule has 3 rings (SSSR count). The van der Waals surface area contributed by atoms with Crippen molar-refractivity contribution in [3.05, 3.63) is 47.5 Å². The van der Waals surface area contributed by atoms with Crippen LogP contribution in [-0.2, 0) is 0 Å². The molecule has 0 spiro atoms. The van der Waals surface area contributed by atoms with Crippen LogP contribution < -0.4 is 15.0 Å². The van der Waals surface area contributed by atoms with Crippen molar-refractivity contribution in [2.24, 2.45) is 0 Å². The van der Waals surface area contributed by atoms with Crippen LogP contribution in [0.25, 0.3) is 10.2 Å². The van der Waals surface area contributed by atoms with E-state index >= 15 is 0 Å². The van der Waals surface area contributed by atoms with E-state index in [1.165, 1.54) is 11.3 Å². The van der Waals surface area contributed by atoms with Gasteiger partial charge in [-0.15, -0.1) is 0 Å². The average molecular weight is 341 g/mol. The Morgan fingerprint density at radius 1 is 1.25 bits per heavy atom. The summed E-state index contributed by atoms with van der Waals surface area (Å²) in [5.41, 5.74) is 3.46. The van der Waals surface area contributed by atoms with Gasteiger partial charge in [0.25, 0.3) is 5.91 Å². The summed E-state index contributed by atoms with van der Waals surface area (Å²) in [6.07, 6.45) is 0. The minimum absolute atomic E-state index is 0.172. The Hall–Kier alpha value is -2.60. The number of hydrogen-bond donors (Lipinski definition) is 1. The van der Waals surface area contributed by atoms with Crippen molar-refractivity contribution in [1.29, 1.82) is 0 Å². The summed E-state index contributed by atoms with van der Waals surface area (Å²) in [4.78, 5) is 19.0. The highest BCUT2D eigenvalue weighted by Gasteiger charge is 2.14. The summed E-state index contributed by atoms with van der Waals surface area (Å²) < 4.78 is 6.37. The summed E-state index contributed by atoms with van der Waals surface area (Å²) in [6, 6.07) is 11.4. The molecule has 3 aromatic rings. The van der Waals surface area contributed by atoms with Crippen molar-refractivity contribution in [2.75, 3.05) is 31.4 Å². The molecule has 0 aliphatic carbocycles. The number of methoxy groups -OCH3 is 1. The number of ether oxygens (including phenoxy) is 1. The van der Waals surface area contributed by atoms with Crippen LogP contribution in [0.15, 0.2) is 36.4 Å². The zero-order chi connectivity index (χ0) is 17.3. The van der Waals surface area contributed by atoms with Crippen LogP contribution in [0.4, 0.5) is 10.8 Å². The maximum Gasteiger partial charge on any atom is 0.257 e. The van der Waals surface area contributed by atoms with E-state index in [1.807, 2.05) is 56.3 Å². The number of nitrogens with one attached hydrogen (secondary N) is 1. The number of nitrogens with zero attached hydrogens (tertiary/aromatic N) is 2. The monoisotopic (exact) mass is 341 g/mol. The molecule has 124 valence electrons. The van der Waals surface area contributed by atoms with Gasteiger partial charge in [0.1, 0.15) is 11.3 Å². The molecule has 1 heterocycles. The number of hydrogen-bond acceptors (Lipinski definition) is 5. The van der Waals surface area contributed by atoms with E-state index in [0.29, 0.717) is 16.4 Å². The molecule has 0 unspecified atom stereocenters. The molecule has 6 heteroatoms. The highest BCUT2D eigenvalue weighted by molar-refractivity contribution is 7.22. The molecular formula is C18H19N3O2S. The molecule has 1 amide bonds. The Morgan fingerprint density at radius 3 is 2.75 bits per heavy atom. The van der Waals surface area contributed by atoms with E-state index in [9.17, 15) is 4.79 Å². The van der Waals surface area contributed by atoms with Gasteiger partial charge in [-0.25, -0.2) is 4.98 Å². The molecule has 1 aromatic heterocycles. The molecule has 0 fully saturated rings. The van der Waals surface area contributed by atoms with Crippen LogP contribution in [0.3, 0.4) is 0 Å². The number of carbonyl (C=O) groups excluding carboxylic acids is 1. The maximum absolute atomic E-state index is 12.5. The van der Waals surface area contributed by atoms with Gasteiger partial charge in [0.2, 0.25) is 0 Å². The van der Waals surface area contributed by atoms with Gasteiger partial charge in [0.15, 0.2) is 5.13 Å². The lowest BCUT2D eigenvalue weighted by molar-refractivity contribution is 0.102. The second-order valence-corrected chi connectivity index (χ2v) is 6.68. The minimum atomic E-state index is -0.172. The quantitative estimate of drug-likeness (QED) is 0.781. The van der Waals surface area contributed by atoms with Gasteiger partial charge >= 0.3 is 0 Å². The Kier molecular flexibility index (Phi) is 4.40. The summed E-state index contributed by atoms with van der Waals surface area (Å²) in [5.74, 6) is 0.538. The Balaban J connectivity index is 1.91. The fraction of sp³-hybridized carbons (Fsp3) is 0.222. The third kappa shape index (κ3) is 3.05. The molecule has 0 saturated carbocycles. The third-order valence-electron chi connectivity index (χ3n) is 3.77. The zero-order valence-corrected chi connectivity index (χ0v) is 14.9. The number of rotatable bonds is 4. The number of thiazole rings is 1. The first-order valence-electron chi connectivity index (χ1n) is 7.52. The van der Waals surface area contributed by atoms with Gasteiger partial charge in [-0.05, 0) is 36.8 Å². The summed E-state index contributed by atoms with van der Waals surface area (Å²) >= 11 is 1.45. The van der Waals surface area contributed by atoms with Crippen LogP contribution >= 0.6 is 11.3 Å². The normalized spacial score (nSPS) is 10.7. The summed E-state index contributed by atoms with van der Waals surface area (Å²) in [6.45, 7) is 2.02. The van der Waals surface area contributed by atoms with Crippen LogP contribution in [0.5, 0.6) is 5.75 Å². The number of amides is 1. The molecule has 0 atom stereocenters. The fourth-order valence-electron chi connectivity index (χ4n) is 2.42. The summed E-state index contributed by atoms with van der Waals surface area (Å²) in [5, 5.41) is 3.45. The van der Waals surface area contributed by atoms with E-state index in [-0.39, 0.29) is 5.91 Å². The van der Waals surface area contributed by atoms with E-state index in [1.54, 1.807) is 13.2 Å². The molecule has 0 bridgehead atoms. The number of fused-ring (bicyclic) bond motifs is 1. The lowest BCUT2D eigenvalue weighted by Crippen LogP contribution is -2.14. The number of aryl methyl sites for hydroxylation is 1. The molecule has 0 aliphatic rings. The van der Waals surface area contributed by atoms with Crippen molar-refractivity contribution in [1.82, 2.24) is 4.98 Å². The maximum atomic E-state index is 12.5. The minimum Gasteiger partial charge on any atom is -0.494 e. The first-order valence-corrected chi connectivity index (χ1v) is 8.34. The smallest absolute Gasteiger partial charge is 0.257 e. The van der Waals surface area contributed by atoms with Crippen LogP contribution in [0.1, 0.15) is 15.9 Å². The number of benzene rings is 2. The lowest BCUT2D eigenvalue weighted by Gasteiger charge is -2.13. The Morgan fingerprint density at radius 2 is 2.04 bits per heavy atom. The van der Waals surface area contributed by atoms with Crippen LogP contribution in [0, 0.1) is 6.92 Å². The third-order valence-corrected chi connectivity index (χ3v) is 4.87. The first kappa shape index (κ1) is 16.3. The van der Waals surface area contributed by atoms with Crippen LogP contribution in [-0.4, -0.2) is 32.1 Å². The fourth-order valence-corrected chi connectivity index (χ4v) is 3.37. The standard InChI is InChI=1S/C18H19N3O2S/c1-11-8-9-14(23-4)15-16(11)24-18(19-15)20-17(22)12-6-5-7-13(10-12)21(2)3/h5-10H,1-4H3,(H,19,20,22). The van der Waals surface area contributed by atoms with Gasteiger partial charge < -0.3 is 9.64 Å². The first-order chi connectivity index (χ1) is 11.5. The van der Waals surface area contributed by atoms with Gasteiger partial charge in [0.05, 0.1) is 11.8 Å². The van der Waals surface area contributed by atoms with Crippen molar-refractivity contribution in [3.63, 3.8) is 0 Å². The second kappa shape index (κ2) is 6.49. The second-order valence-electron chi connectivity index (χ2n) is 5.68. The van der Waals surface area contributed by atoms with Crippen molar-refractivity contribution < 1.29 is 9.53 Å². The predicted molar refractivity (Wildman–Crippen MR) is 99.6 cm³/mol. The molecule has 5 nitrogen and oxygen atoms in total. The Bertz CT molecular complexity index is 902. The van der Waals surface area contributed by atoms with Gasteiger partial charge in [-0.1, -0.05) is 23.5 Å². The zero-order valence-electron chi connectivity index (χ0n) is 14.1.